The number of nitrogens with one attached hydrogen (secondary N) is 1. The van der Waals surface area contributed by atoms with Crippen LogP contribution < -0.4 is 20.7 Å². The maximum absolute atomic E-state index is 13.4. The quantitative estimate of drug-likeness (QED) is 0.656. The molecule has 0 fully saturated rings. The molecule has 0 saturated carbocycles. The number of ether oxygens (including phenoxy) is 2. The fraction of sp³-hybridized carbons (Fsp3) is 0.250. The zero-order valence-corrected chi connectivity index (χ0v) is 12.3. The smallest absolute Gasteiger partial charge is 0.126 e. The minimum Gasteiger partial charge on any atom is -0.497 e. The summed E-state index contributed by atoms with van der Waals surface area (Å²) in [4.78, 5) is 0. The van der Waals surface area contributed by atoms with Crippen molar-refractivity contribution in [1.29, 1.82) is 0 Å². The van der Waals surface area contributed by atoms with Gasteiger partial charge in [-0.1, -0.05) is 12.1 Å². The van der Waals surface area contributed by atoms with Crippen LogP contribution in [0.25, 0.3) is 0 Å². The van der Waals surface area contributed by atoms with Crippen molar-refractivity contribution in [1.82, 2.24) is 5.43 Å². The van der Waals surface area contributed by atoms with E-state index in [1.165, 1.54) is 6.07 Å². The standard InChI is InChI=1S/C16H19FN2O2/c1-10-8-11(4-6-14(10)17)16(19-18)13-9-12(20-2)5-7-15(13)21-3/h4-9,16,19H,18H2,1-3H3. The van der Waals surface area contributed by atoms with Crippen molar-refractivity contribution in [2.45, 2.75) is 13.0 Å². The number of hydrazine groups is 1. The SMILES string of the molecule is COc1ccc(OC)c(C(NN)c2ccc(F)c(C)c2)c1. The molecule has 5 heteroatoms. The van der Waals surface area contributed by atoms with Gasteiger partial charge in [-0.05, 0) is 42.3 Å². The topological polar surface area (TPSA) is 56.5 Å². The Labute approximate surface area is 123 Å². The predicted octanol–water partition coefficient (Wildman–Crippen LogP) is 2.70. The van der Waals surface area contributed by atoms with Crippen LogP contribution in [0.3, 0.4) is 0 Å². The van der Waals surface area contributed by atoms with Gasteiger partial charge in [0.15, 0.2) is 0 Å². The minimum absolute atomic E-state index is 0.243. The first kappa shape index (κ1) is 15.3. The average molecular weight is 290 g/mol. The molecule has 1 unspecified atom stereocenters. The molecule has 0 radical (unpaired) electrons. The summed E-state index contributed by atoms with van der Waals surface area (Å²) in [7, 11) is 3.19. The molecule has 112 valence electrons. The first-order valence-electron chi connectivity index (χ1n) is 6.54. The average Bonchev–Trinajstić information content (AvgIpc) is 2.51. The second-order valence-electron chi connectivity index (χ2n) is 4.72. The van der Waals surface area contributed by atoms with Gasteiger partial charge in [-0.3, -0.25) is 5.84 Å². The van der Waals surface area contributed by atoms with Crippen LogP contribution in [0.1, 0.15) is 22.7 Å². The van der Waals surface area contributed by atoms with Gasteiger partial charge in [0.1, 0.15) is 17.3 Å². The Bertz CT molecular complexity index is 632. The zero-order valence-electron chi connectivity index (χ0n) is 12.3. The lowest BCUT2D eigenvalue weighted by atomic mass is 9.96. The second kappa shape index (κ2) is 6.56. The highest BCUT2D eigenvalue weighted by atomic mass is 19.1. The van der Waals surface area contributed by atoms with Crippen molar-refractivity contribution < 1.29 is 13.9 Å². The Morgan fingerprint density at radius 3 is 2.43 bits per heavy atom. The number of methoxy groups -OCH3 is 2. The summed E-state index contributed by atoms with van der Waals surface area (Å²) in [5.74, 6) is 6.84. The van der Waals surface area contributed by atoms with E-state index >= 15 is 0 Å². The molecule has 2 rings (SSSR count). The molecule has 4 nitrogen and oxygen atoms in total. The van der Waals surface area contributed by atoms with Crippen molar-refractivity contribution in [3.05, 3.63) is 58.9 Å². The molecule has 1 atom stereocenters. The van der Waals surface area contributed by atoms with Crippen molar-refractivity contribution in [2.75, 3.05) is 14.2 Å². The fourth-order valence-electron chi connectivity index (χ4n) is 2.28. The molecule has 0 aromatic heterocycles. The van der Waals surface area contributed by atoms with Gasteiger partial charge >= 0.3 is 0 Å². The summed E-state index contributed by atoms with van der Waals surface area (Å²) < 4.78 is 24.1. The van der Waals surface area contributed by atoms with Gasteiger partial charge in [0.05, 0.1) is 20.3 Å². The van der Waals surface area contributed by atoms with Crippen molar-refractivity contribution in [3.8, 4) is 11.5 Å². The van der Waals surface area contributed by atoms with Gasteiger partial charge in [0, 0.05) is 5.56 Å². The molecule has 0 spiro atoms. The van der Waals surface area contributed by atoms with Gasteiger partial charge in [-0.25, -0.2) is 9.82 Å². The maximum Gasteiger partial charge on any atom is 0.126 e. The lowest BCUT2D eigenvalue weighted by Crippen LogP contribution is -2.29. The van der Waals surface area contributed by atoms with E-state index in [1.807, 2.05) is 18.2 Å². The molecule has 2 aromatic carbocycles. The molecule has 2 aromatic rings. The number of hydrogen-bond donors (Lipinski definition) is 2. The largest absolute Gasteiger partial charge is 0.497 e. The Morgan fingerprint density at radius 2 is 1.86 bits per heavy atom. The number of aryl methyl sites for hydroxylation is 1. The van der Waals surface area contributed by atoms with Crippen LogP contribution in [0, 0.1) is 12.7 Å². The van der Waals surface area contributed by atoms with Crippen LogP contribution in [0.15, 0.2) is 36.4 Å². The monoisotopic (exact) mass is 290 g/mol. The summed E-state index contributed by atoms with van der Waals surface area (Å²) in [6.07, 6.45) is 0. The second-order valence-corrected chi connectivity index (χ2v) is 4.72. The first-order chi connectivity index (χ1) is 10.1. The minimum atomic E-state index is -0.325. The molecule has 0 bridgehead atoms. The molecule has 0 heterocycles. The van der Waals surface area contributed by atoms with E-state index in [1.54, 1.807) is 33.3 Å². The van der Waals surface area contributed by atoms with E-state index in [-0.39, 0.29) is 11.9 Å². The van der Waals surface area contributed by atoms with Gasteiger partial charge < -0.3 is 9.47 Å². The lowest BCUT2D eigenvalue weighted by Gasteiger charge is -2.20. The molecular formula is C16H19FN2O2. The van der Waals surface area contributed by atoms with Crippen LogP contribution in [0.4, 0.5) is 4.39 Å². The summed E-state index contributed by atoms with van der Waals surface area (Å²) in [5.41, 5.74) is 4.99. The van der Waals surface area contributed by atoms with Crippen LogP contribution in [0.5, 0.6) is 11.5 Å². The summed E-state index contributed by atoms with van der Waals surface area (Å²) >= 11 is 0. The molecular weight excluding hydrogens is 271 g/mol. The third-order valence-electron chi connectivity index (χ3n) is 3.43. The fourth-order valence-corrected chi connectivity index (χ4v) is 2.28. The third kappa shape index (κ3) is 3.15. The van der Waals surface area contributed by atoms with Gasteiger partial charge in [0.2, 0.25) is 0 Å². The highest BCUT2D eigenvalue weighted by Gasteiger charge is 2.18. The van der Waals surface area contributed by atoms with E-state index in [0.717, 1.165) is 11.1 Å². The van der Waals surface area contributed by atoms with Crippen LogP contribution >= 0.6 is 0 Å². The van der Waals surface area contributed by atoms with Gasteiger partial charge in [-0.2, -0.15) is 0 Å². The van der Waals surface area contributed by atoms with Crippen molar-refractivity contribution in [2.24, 2.45) is 5.84 Å². The van der Waals surface area contributed by atoms with Gasteiger partial charge in [-0.15, -0.1) is 0 Å². The highest BCUT2D eigenvalue weighted by Crippen LogP contribution is 2.33. The zero-order chi connectivity index (χ0) is 15.4. The molecule has 3 N–H and O–H groups in total. The van der Waals surface area contributed by atoms with Crippen LogP contribution in [0.2, 0.25) is 0 Å². The molecule has 0 saturated heterocycles. The Hall–Kier alpha value is -2.11. The molecule has 0 aliphatic carbocycles. The molecule has 0 aliphatic rings. The van der Waals surface area contributed by atoms with Crippen LogP contribution in [-0.4, -0.2) is 14.2 Å². The highest BCUT2D eigenvalue weighted by molar-refractivity contribution is 5.46. The number of benzene rings is 2. The van der Waals surface area contributed by atoms with Crippen LogP contribution in [-0.2, 0) is 0 Å². The first-order valence-corrected chi connectivity index (χ1v) is 6.54. The number of hydrogen-bond acceptors (Lipinski definition) is 4. The Morgan fingerprint density at radius 1 is 1.10 bits per heavy atom. The summed E-state index contributed by atoms with van der Waals surface area (Å²) in [6.45, 7) is 1.72. The number of rotatable bonds is 5. The Kier molecular flexibility index (Phi) is 4.77. The normalized spacial score (nSPS) is 12.0. The van der Waals surface area contributed by atoms with Crippen molar-refractivity contribution >= 4 is 0 Å². The summed E-state index contributed by atoms with van der Waals surface area (Å²) in [5, 5.41) is 0. The van der Waals surface area contributed by atoms with E-state index in [4.69, 9.17) is 15.3 Å². The number of halogens is 1. The van der Waals surface area contributed by atoms with Crippen molar-refractivity contribution in [3.63, 3.8) is 0 Å². The van der Waals surface area contributed by atoms with E-state index in [2.05, 4.69) is 5.43 Å². The predicted molar refractivity (Wildman–Crippen MR) is 79.8 cm³/mol. The molecule has 21 heavy (non-hydrogen) atoms. The third-order valence-corrected chi connectivity index (χ3v) is 3.43. The lowest BCUT2D eigenvalue weighted by molar-refractivity contribution is 0.394. The number of nitrogens with two attached hydrogens (primary N) is 1. The van der Waals surface area contributed by atoms with E-state index < -0.39 is 0 Å². The molecule has 0 amide bonds. The van der Waals surface area contributed by atoms with E-state index in [9.17, 15) is 4.39 Å². The van der Waals surface area contributed by atoms with E-state index in [0.29, 0.717) is 17.1 Å². The summed E-state index contributed by atoms with van der Waals surface area (Å²) in [6, 6.07) is 10.0. The Balaban J connectivity index is 2.51. The maximum atomic E-state index is 13.4. The molecule has 0 aliphatic heterocycles. The van der Waals surface area contributed by atoms with Gasteiger partial charge in [0.25, 0.3) is 0 Å².